The number of rotatable bonds is 3. The van der Waals surface area contributed by atoms with E-state index in [0.717, 1.165) is 0 Å². The maximum atomic E-state index is 12.3. The Labute approximate surface area is 105 Å². The number of ether oxygens (including phenoxy) is 1. The van der Waals surface area contributed by atoms with Crippen molar-refractivity contribution in [3.63, 3.8) is 0 Å². The van der Waals surface area contributed by atoms with Gasteiger partial charge in [-0.25, -0.2) is 8.42 Å². The van der Waals surface area contributed by atoms with Gasteiger partial charge in [0.1, 0.15) is 0 Å². The van der Waals surface area contributed by atoms with E-state index in [-0.39, 0.29) is 10.9 Å². The first kappa shape index (κ1) is 12.8. The molecule has 0 aliphatic carbocycles. The topological polar surface area (TPSA) is 75.3 Å². The Kier molecular flexibility index (Phi) is 4.03. The molecule has 0 bridgehead atoms. The lowest BCUT2D eigenvalue weighted by Crippen LogP contribution is -2.34. The molecule has 0 radical (unpaired) electrons. The van der Waals surface area contributed by atoms with E-state index in [1.165, 1.54) is 10.5 Å². The van der Waals surface area contributed by atoms with Crippen LogP contribution in [0.25, 0.3) is 0 Å². The van der Waals surface area contributed by atoms with E-state index in [4.69, 9.17) is 16.3 Å². The van der Waals surface area contributed by atoms with Crippen molar-refractivity contribution in [3.05, 3.63) is 11.8 Å². The van der Waals surface area contributed by atoms with Crippen LogP contribution in [0, 0.1) is 0 Å². The minimum absolute atomic E-state index is 0.0920. The number of H-pyrrole nitrogens is 1. The van der Waals surface area contributed by atoms with Crippen LogP contribution in [0.5, 0.6) is 0 Å². The van der Waals surface area contributed by atoms with Gasteiger partial charge in [0, 0.05) is 25.3 Å². The first-order valence-electron chi connectivity index (χ1n) is 5.32. The number of halogens is 1. The minimum Gasteiger partial charge on any atom is -0.380 e. The summed E-state index contributed by atoms with van der Waals surface area (Å²) >= 11 is 5.68. The molecule has 2 heterocycles. The number of alkyl halides is 1. The van der Waals surface area contributed by atoms with E-state index in [0.29, 0.717) is 38.3 Å². The van der Waals surface area contributed by atoms with Crippen LogP contribution in [0.4, 0.5) is 0 Å². The predicted molar refractivity (Wildman–Crippen MR) is 62.3 cm³/mol. The van der Waals surface area contributed by atoms with E-state index in [1.807, 2.05) is 0 Å². The Balaban J connectivity index is 2.28. The van der Waals surface area contributed by atoms with Gasteiger partial charge in [0.2, 0.25) is 0 Å². The normalized spacial score (nSPS) is 19.1. The van der Waals surface area contributed by atoms with Gasteiger partial charge in [0.15, 0.2) is 5.03 Å². The lowest BCUT2D eigenvalue weighted by molar-refractivity contribution is 0.148. The number of sulfonamides is 1. The monoisotopic (exact) mass is 279 g/mol. The van der Waals surface area contributed by atoms with Crippen molar-refractivity contribution in [1.82, 2.24) is 14.5 Å². The first-order valence-corrected chi connectivity index (χ1v) is 7.30. The summed E-state index contributed by atoms with van der Waals surface area (Å²) in [6.45, 7) is 1.84. The summed E-state index contributed by atoms with van der Waals surface area (Å²) in [6.07, 6.45) is 2.14. The Morgan fingerprint density at radius 2 is 2.29 bits per heavy atom. The molecule has 1 aliphatic heterocycles. The quantitative estimate of drug-likeness (QED) is 0.821. The standard InChI is InChI=1S/C9H14ClN3O3S/c10-6-8-7-11-12-9(8)17(14,15)13-2-1-4-16-5-3-13/h7H,1-6H2,(H,11,12). The average Bonchev–Trinajstić information content (AvgIpc) is 2.63. The van der Waals surface area contributed by atoms with Crippen LogP contribution in [0.3, 0.4) is 0 Å². The van der Waals surface area contributed by atoms with Crippen molar-refractivity contribution in [1.29, 1.82) is 0 Å². The van der Waals surface area contributed by atoms with E-state index in [1.54, 1.807) is 0 Å². The number of hydrogen-bond acceptors (Lipinski definition) is 4. The van der Waals surface area contributed by atoms with Crippen LogP contribution in [0.2, 0.25) is 0 Å². The third kappa shape index (κ3) is 2.62. The lowest BCUT2D eigenvalue weighted by atomic mass is 10.4. The molecular weight excluding hydrogens is 266 g/mol. The van der Waals surface area contributed by atoms with E-state index in [2.05, 4.69) is 10.2 Å². The highest BCUT2D eigenvalue weighted by Gasteiger charge is 2.28. The van der Waals surface area contributed by atoms with Crippen LogP contribution in [-0.2, 0) is 20.6 Å². The van der Waals surface area contributed by atoms with Gasteiger partial charge in [-0.1, -0.05) is 0 Å². The largest absolute Gasteiger partial charge is 0.380 e. The number of nitrogens with zero attached hydrogens (tertiary/aromatic N) is 2. The molecule has 1 aliphatic rings. The highest BCUT2D eigenvalue weighted by molar-refractivity contribution is 7.89. The Bertz CT molecular complexity index is 466. The minimum atomic E-state index is -3.53. The molecule has 8 heteroatoms. The van der Waals surface area contributed by atoms with Gasteiger partial charge in [0.25, 0.3) is 10.0 Å². The summed E-state index contributed by atoms with van der Waals surface area (Å²) in [5.41, 5.74) is 0.497. The zero-order valence-electron chi connectivity index (χ0n) is 9.23. The van der Waals surface area contributed by atoms with Crippen LogP contribution in [0.1, 0.15) is 12.0 Å². The van der Waals surface area contributed by atoms with Gasteiger partial charge in [-0.05, 0) is 6.42 Å². The molecule has 1 saturated heterocycles. The summed E-state index contributed by atoms with van der Waals surface area (Å²) in [5, 5.41) is 6.33. The predicted octanol–water partition coefficient (Wildman–Crippen LogP) is 0.559. The maximum Gasteiger partial charge on any atom is 0.260 e. The fraction of sp³-hybridized carbons (Fsp3) is 0.667. The molecule has 0 atom stereocenters. The van der Waals surface area contributed by atoms with Gasteiger partial charge in [0.05, 0.1) is 18.7 Å². The Morgan fingerprint density at radius 1 is 1.47 bits per heavy atom. The lowest BCUT2D eigenvalue weighted by Gasteiger charge is -2.18. The second-order valence-electron chi connectivity index (χ2n) is 3.73. The number of hydrogen-bond donors (Lipinski definition) is 1. The van der Waals surface area contributed by atoms with Crippen molar-refractivity contribution in [2.24, 2.45) is 0 Å². The molecule has 2 rings (SSSR count). The van der Waals surface area contributed by atoms with Crippen LogP contribution in [0.15, 0.2) is 11.2 Å². The van der Waals surface area contributed by atoms with Gasteiger partial charge in [-0.2, -0.15) is 9.40 Å². The SMILES string of the molecule is O=S(=O)(c1[nH]ncc1CCl)N1CCCOCC1. The summed E-state index contributed by atoms with van der Waals surface area (Å²) in [7, 11) is -3.53. The molecule has 1 aromatic heterocycles. The molecular formula is C9H14ClN3O3S. The summed E-state index contributed by atoms with van der Waals surface area (Å²) < 4.78 is 31.3. The highest BCUT2D eigenvalue weighted by atomic mass is 35.5. The molecule has 0 unspecified atom stereocenters. The fourth-order valence-corrected chi connectivity index (χ4v) is 3.56. The second-order valence-corrected chi connectivity index (χ2v) is 5.87. The fourth-order valence-electron chi connectivity index (χ4n) is 1.71. The number of aromatic nitrogens is 2. The summed E-state index contributed by atoms with van der Waals surface area (Å²) in [5.74, 6) is 0.120. The van der Waals surface area contributed by atoms with Crippen molar-refractivity contribution in [2.45, 2.75) is 17.3 Å². The molecule has 0 spiro atoms. The zero-order valence-corrected chi connectivity index (χ0v) is 10.8. The van der Waals surface area contributed by atoms with Crippen molar-refractivity contribution in [3.8, 4) is 0 Å². The van der Waals surface area contributed by atoms with Gasteiger partial charge < -0.3 is 4.74 Å². The molecule has 1 N–H and O–H groups in total. The second kappa shape index (κ2) is 5.34. The maximum absolute atomic E-state index is 12.3. The molecule has 0 saturated carbocycles. The number of aromatic amines is 1. The van der Waals surface area contributed by atoms with Crippen molar-refractivity contribution in [2.75, 3.05) is 26.3 Å². The summed E-state index contributed by atoms with van der Waals surface area (Å²) in [6, 6.07) is 0. The molecule has 0 aromatic carbocycles. The molecule has 0 amide bonds. The van der Waals surface area contributed by atoms with E-state index < -0.39 is 10.0 Å². The highest BCUT2D eigenvalue weighted by Crippen LogP contribution is 2.19. The smallest absolute Gasteiger partial charge is 0.260 e. The van der Waals surface area contributed by atoms with Gasteiger partial charge in [-0.15, -0.1) is 11.6 Å². The van der Waals surface area contributed by atoms with Gasteiger partial charge >= 0.3 is 0 Å². The third-order valence-electron chi connectivity index (χ3n) is 2.60. The zero-order chi connectivity index (χ0) is 12.3. The van der Waals surface area contributed by atoms with Crippen LogP contribution < -0.4 is 0 Å². The van der Waals surface area contributed by atoms with Gasteiger partial charge in [-0.3, -0.25) is 5.10 Å². The molecule has 96 valence electrons. The molecule has 6 nitrogen and oxygen atoms in total. The summed E-state index contributed by atoms with van der Waals surface area (Å²) in [4.78, 5) is 0. The Morgan fingerprint density at radius 3 is 3.06 bits per heavy atom. The Hall–Kier alpha value is -0.630. The third-order valence-corrected chi connectivity index (χ3v) is 4.80. The molecule has 17 heavy (non-hydrogen) atoms. The average molecular weight is 280 g/mol. The van der Waals surface area contributed by atoms with Crippen molar-refractivity contribution < 1.29 is 13.2 Å². The first-order chi connectivity index (χ1) is 8.16. The molecule has 1 aromatic rings. The van der Waals surface area contributed by atoms with E-state index >= 15 is 0 Å². The van der Waals surface area contributed by atoms with Crippen LogP contribution in [-0.4, -0.2) is 49.2 Å². The van der Waals surface area contributed by atoms with E-state index in [9.17, 15) is 8.42 Å². The van der Waals surface area contributed by atoms with Crippen molar-refractivity contribution >= 4 is 21.6 Å². The number of nitrogens with one attached hydrogen (secondary N) is 1. The van der Waals surface area contributed by atoms with Crippen LogP contribution >= 0.6 is 11.6 Å². The molecule has 1 fully saturated rings.